The molecule has 2 aromatic heterocycles. The molecule has 11 heavy (non-hydrogen) atoms. The van der Waals surface area contributed by atoms with E-state index in [2.05, 4.69) is 16.3 Å². The van der Waals surface area contributed by atoms with E-state index in [4.69, 9.17) is 0 Å². The zero-order valence-corrected chi connectivity index (χ0v) is 6.50. The summed E-state index contributed by atoms with van der Waals surface area (Å²) in [5, 5.41) is 5.37. The maximum Gasteiger partial charge on any atom is 0.111 e. The lowest BCUT2D eigenvalue weighted by molar-refractivity contribution is 0.751. The quantitative estimate of drug-likeness (QED) is 0.556. The molecule has 0 bridgehead atoms. The van der Waals surface area contributed by atoms with Crippen molar-refractivity contribution < 1.29 is 0 Å². The Balaban J connectivity index is 2.92. The third-order valence-corrected chi connectivity index (χ3v) is 1.88. The zero-order chi connectivity index (χ0) is 7.84. The molecule has 0 spiro atoms. The fourth-order valence-electron chi connectivity index (χ4n) is 1.12. The van der Waals surface area contributed by atoms with Crippen LogP contribution in [0.15, 0.2) is 12.3 Å². The molecule has 0 saturated carbocycles. The highest BCUT2D eigenvalue weighted by Gasteiger charge is 2.01. The second kappa shape index (κ2) is 2.05. The van der Waals surface area contributed by atoms with Gasteiger partial charge in [-0.3, -0.25) is 9.67 Å². The van der Waals surface area contributed by atoms with E-state index < -0.39 is 0 Å². The fraction of sp³-hybridized carbons (Fsp3) is 0.250. The van der Waals surface area contributed by atoms with Crippen LogP contribution >= 0.6 is 0 Å². The van der Waals surface area contributed by atoms with Crippen LogP contribution in [0.5, 0.6) is 0 Å². The SMILES string of the molecule is Cc1c2c[c]ncc2nn1C. The molecule has 55 valence electrons. The van der Waals surface area contributed by atoms with Gasteiger partial charge < -0.3 is 0 Å². The molecular formula is C8H8N3. The number of hydrogen-bond acceptors (Lipinski definition) is 2. The number of fused-ring (bicyclic) bond motifs is 1. The number of rotatable bonds is 0. The minimum Gasteiger partial charge on any atom is -0.272 e. The van der Waals surface area contributed by atoms with Gasteiger partial charge in [0.1, 0.15) is 5.52 Å². The molecular weight excluding hydrogens is 138 g/mol. The van der Waals surface area contributed by atoms with E-state index in [-0.39, 0.29) is 0 Å². The molecule has 0 aromatic carbocycles. The molecule has 2 aromatic rings. The molecule has 0 aliphatic carbocycles. The first-order chi connectivity index (χ1) is 5.29. The molecule has 2 rings (SSSR count). The Labute approximate surface area is 64.7 Å². The molecule has 0 amide bonds. The highest BCUT2D eigenvalue weighted by molar-refractivity contribution is 5.79. The first kappa shape index (κ1) is 6.34. The summed E-state index contributed by atoms with van der Waals surface area (Å²) < 4.78 is 1.85. The molecule has 0 atom stereocenters. The van der Waals surface area contributed by atoms with Crippen LogP contribution in [0.25, 0.3) is 10.9 Å². The van der Waals surface area contributed by atoms with Crippen LogP contribution in [0, 0.1) is 13.1 Å². The van der Waals surface area contributed by atoms with E-state index in [1.165, 1.54) is 0 Å². The van der Waals surface area contributed by atoms with Gasteiger partial charge in [-0.25, -0.2) is 0 Å². The van der Waals surface area contributed by atoms with Crippen LogP contribution in [0.4, 0.5) is 0 Å². The molecule has 0 fully saturated rings. The summed E-state index contributed by atoms with van der Waals surface area (Å²) in [5.74, 6) is 0. The number of hydrogen-bond donors (Lipinski definition) is 0. The van der Waals surface area contributed by atoms with E-state index in [0.29, 0.717) is 0 Å². The first-order valence-electron chi connectivity index (χ1n) is 3.44. The summed E-state index contributed by atoms with van der Waals surface area (Å²) in [4.78, 5) is 3.87. The summed E-state index contributed by atoms with van der Waals surface area (Å²) in [6.07, 6.45) is 4.51. The average Bonchev–Trinajstić information content (AvgIpc) is 2.30. The van der Waals surface area contributed by atoms with Crippen molar-refractivity contribution in [3.8, 4) is 0 Å². The van der Waals surface area contributed by atoms with Gasteiger partial charge in [-0.05, 0) is 13.0 Å². The van der Waals surface area contributed by atoms with E-state index in [9.17, 15) is 0 Å². The number of pyridine rings is 1. The standard InChI is InChI=1S/C8H8N3/c1-6-7-3-4-9-5-8(7)10-11(6)2/h3,5H,1-2H3. The Bertz CT molecular complexity index is 389. The molecule has 3 heteroatoms. The van der Waals surface area contributed by atoms with Crippen molar-refractivity contribution in [2.75, 3.05) is 0 Å². The molecule has 0 aliphatic rings. The molecule has 0 aliphatic heterocycles. The third-order valence-electron chi connectivity index (χ3n) is 1.88. The van der Waals surface area contributed by atoms with Gasteiger partial charge in [-0.1, -0.05) is 0 Å². The van der Waals surface area contributed by atoms with Gasteiger partial charge in [0, 0.05) is 18.1 Å². The molecule has 0 saturated heterocycles. The number of aromatic nitrogens is 3. The van der Waals surface area contributed by atoms with E-state index >= 15 is 0 Å². The van der Waals surface area contributed by atoms with Gasteiger partial charge in [-0.15, -0.1) is 0 Å². The second-order valence-electron chi connectivity index (χ2n) is 2.54. The topological polar surface area (TPSA) is 30.7 Å². The molecule has 2 heterocycles. The Morgan fingerprint density at radius 2 is 2.36 bits per heavy atom. The maximum absolute atomic E-state index is 4.25. The highest BCUT2D eigenvalue weighted by Crippen LogP contribution is 2.13. The van der Waals surface area contributed by atoms with Crippen LogP contribution < -0.4 is 0 Å². The van der Waals surface area contributed by atoms with E-state index in [1.54, 1.807) is 6.20 Å². The monoisotopic (exact) mass is 146 g/mol. The second-order valence-corrected chi connectivity index (χ2v) is 2.54. The first-order valence-corrected chi connectivity index (χ1v) is 3.44. The van der Waals surface area contributed by atoms with Gasteiger partial charge in [0.05, 0.1) is 12.4 Å². The summed E-state index contributed by atoms with van der Waals surface area (Å²) in [5.41, 5.74) is 2.09. The van der Waals surface area contributed by atoms with Gasteiger partial charge in [0.15, 0.2) is 0 Å². The summed E-state index contributed by atoms with van der Waals surface area (Å²) in [6, 6.07) is 1.86. The van der Waals surface area contributed by atoms with Crippen LogP contribution in [-0.2, 0) is 7.05 Å². The Morgan fingerprint density at radius 3 is 3.09 bits per heavy atom. The van der Waals surface area contributed by atoms with Crippen molar-refractivity contribution in [2.24, 2.45) is 7.05 Å². The van der Waals surface area contributed by atoms with Crippen molar-refractivity contribution >= 4 is 10.9 Å². The zero-order valence-electron chi connectivity index (χ0n) is 6.50. The predicted molar refractivity (Wildman–Crippen MR) is 42.1 cm³/mol. The number of aryl methyl sites for hydroxylation is 2. The third kappa shape index (κ3) is 0.808. The lowest BCUT2D eigenvalue weighted by atomic mass is 10.3. The van der Waals surface area contributed by atoms with Crippen molar-refractivity contribution in [2.45, 2.75) is 6.92 Å². The lowest BCUT2D eigenvalue weighted by Crippen LogP contribution is -1.91. The fourth-order valence-corrected chi connectivity index (χ4v) is 1.12. The minimum atomic E-state index is 0.934. The van der Waals surface area contributed by atoms with E-state index in [0.717, 1.165) is 16.6 Å². The van der Waals surface area contributed by atoms with Crippen LogP contribution in [0.3, 0.4) is 0 Å². The van der Waals surface area contributed by atoms with Crippen LogP contribution in [0.1, 0.15) is 5.69 Å². The molecule has 0 N–H and O–H groups in total. The van der Waals surface area contributed by atoms with Crippen molar-refractivity contribution in [1.82, 2.24) is 14.8 Å². The summed E-state index contributed by atoms with van der Waals surface area (Å²) in [7, 11) is 1.93. The van der Waals surface area contributed by atoms with Gasteiger partial charge in [0.25, 0.3) is 0 Å². The molecule has 3 nitrogen and oxygen atoms in total. The smallest absolute Gasteiger partial charge is 0.111 e. The van der Waals surface area contributed by atoms with Crippen LogP contribution in [0.2, 0.25) is 0 Å². The Kier molecular flexibility index (Phi) is 1.18. The Hall–Kier alpha value is -1.38. The normalized spacial score (nSPS) is 10.7. The van der Waals surface area contributed by atoms with Gasteiger partial charge in [0.2, 0.25) is 0 Å². The van der Waals surface area contributed by atoms with Crippen LogP contribution in [-0.4, -0.2) is 14.8 Å². The van der Waals surface area contributed by atoms with Crippen molar-refractivity contribution in [3.05, 3.63) is 24.2 Å². The lowest BCUT2D eigenvalue weighted by Gasteiger charge is -1.89. The van der Waals surface area contributed by atoms with Gasteiger partial charge >= 0.3 is 0 Å². The summed E-state index contributed by atoms with van der Waals surface area (Å²) in [6.45, 7) is 2.03. The Morgan fingerprint density at radius 1 is 1.55 bits per heavy atom. The molecule has 1 radical (unpaired) electrons. The summed E-state index contributed by atoms with van der Waals surface area (Å²) >= 11 is 0. The number of nitrogens with zero attached hydrogens (tertiary/aromatic N) is 3. The van der Waals surface area contributed by atoms with Gasteiger partial charge in [-0.2, -0.15) is 5.10 Å². The van der Waals surface area contributed by atoms with Crippen molar-refractivity contribution in [3.63, 3.8) is 0 Å². The minimum absolute atomic E-state index is 0.934. The average molecular weight is 146 g/mol. The largest absolute Gasteiger partial charge is 0.272 e. The van der Waals surface area contributed by atoms with E-state index in [1.807, 2.05) is 24.7 Å². The van der Waals surface area contributed by atoms with Crippen molar-refractivity contribution in [1.29, 1.82) is 0 Å². The predicted octanol–water partition coefficient (Wildman–Crippen LogP) is 1.08. The highest BCUT2D eigenvalue weighted by atomic mass is 15.3. The molecule has 0 unspecified atom stereocenters. The maximum atomic E-state index is 4.25.